The molecule has 0 bridgehead atoms. The first-order valence-electron chi connectivity index (χ1n) is 6.83. The van der Waals surface area contributed by atoms with E-state index >= 15 is 0 Å². The molecule has 19 heavy (non-hydrogen) atoms. The van der Waals surface area contributed by atoms with E-state index in [2.05, 4.69) is 0 Å². The van der Waals surface area contributed by atoms with Crippen LogP contribution in [0.25, 0.3) is 0 Å². The Bertz CT molecular complexity index is 263. The van der Waals surface area contributed by atoms with Gasteiger partial charge in [-0.2, -0.15) is 0 Å². The van der Waals surface area contributed by atoms with E-state index in [0.29, 0.717) is 0 Å². The molecule has 1 atom stereocenters. The number of hydrogen-bond acceptors (Lipinski definition) is 3. The molecule has 0 radical (unpaired) electrons. The Morgan fingerprint density at radius 1 is 0.632 bits per heavy atom. The van der Waals surface area contributed by atoms with Crippen LogP contribution in [0.1, 0.15) is 69.2 Å². The van der Waals surface area contributed by atoms with Crippen molar-refractivity contribution in [1.82, 2.24) is 0 Å². The number of hydrogen-bond donors (Lipinski definition) is 0. The molecule has 0 saturated heterocycles. The van der Waals surface area contributed by atoms with Crippen LogP contribution in [0.2, 0.25) is 0 Å². The van der Waals surface area contributed by atoms with Crippen LogP contribution in [-0.2, 0) is 34.6 Å². The second kappa shape index (κ2) is 6.15. The van der Waals surface area contributed by atoms with Crippen molar-refractivity contribution in [3.05, 3.63) is 0 Å². The summed E-state index contributed by atoms with van der Waals surface area (Å²) in [5, 5.41) is 0. The summed E-state index contributed by atoms with van der Waals surface area (Å²) in [6, 6.07) is 0. The maximum atomic E-state index is 6.13. The van der Waals surface area contributed by atoms with E-state index in [9.17, 15) is 0 Å². The molecule has 0 amide bonds. The van der Waals surface area contributed by atoms with E-state index in [1.807, 2.05) is 89.7 Å². The van der Waals surface area contributed by atoms with Gasteiger partial charge >= 0.3 is 131 Å². The van der Waals surface area contributed by atoms with E-state index in [-0.39, 0.29) is 16.8 Å². The zero-order valence-corrected chi connectivity index (χ0v) is 15.9. The van der Waals surface area contributed by atoms with E-state index in [1.54, 1.807) is 0 Å². The molecule has 0 aliphatic carbocycles. The Balaban J connectivity index is 5.11. The standard InChI is InChI=1S/C15H31O3.Ti/c1-11(16-13(2,3)4)12(17-14(5,6)7)18-15(8,9)10;/h12H,1-10H3;. The normalized spacial score (nSPS) is 17.6. The second-order valence-electron chi connectivity index (χ2n) is 8.11. The fourth-order valence-electron chi connectivity index (χ4n) is 1.58. The van der Waals surface area contributed by atoms with Crippen LogP contribution in [0.5, 0.6) is 0 Å². The Labute approximate surface area is 131 Å². The van der Waals surface area contributed by atoms with Crippen molar-refractivity contribution in [1.29, 1.82) is 0 Å². The van der Waals surface area contributed by atoms with Crippen molar-refractivity contribution >= 4 is 0 Å². The fraction of sp³-hybridized carbons (Fsp3) is 1.00. The zero-order chi connectivity index (χ0) is 15.7. The van der Waals surface area contributed by atoms with Crippen LogP contribution in [0, 0.1) is 0 Å². The van der Waals surface area contributed by atoms with Crippen LogP contribution in [0.3, 0.4) is 0 Å². The molecule has 0 saturated carbocycles. The Hall–Kier alpha value is 0.594. The molecule has 0 aromatic carbocycles. The molecule has 113 valence electrons. The van der Waals surface area contributed by atoms with E-state index in [1.165, 1.54) is 0 Å². The van der Waals surface area contributed by atoms with Crippen LogP contribution in [-0.4, -0.2) is 27.0 Å². The van der Waals surface area contributed by atoms with Gasteiger partial charge in [0.15, 0.2) is 0 Å². The molecule has 0 aromatic heterocycles. The summed E-state index contributed by atoms with van der Waals surface area (Å²) in [6.45, 7) is 20.3. The predicted molar refractivity (Wildman–Crippen MR) is 74.7 cm³/mol. The molecule has 0 fully saturated rings. The number of rotatable bonds is 4. The molecule has 0 aliphatic heterocycles. The molecule has 0 aromatic rings. The molecule has 1 unspecified atom stereocenters. The third kappa shape index (κ3) is 10.0. The summed E-state index contributed by atoms with van der Waals surface area (Å²) in [6.07, 6.45) is -0.424. The summed E-state index contributed by atoms with van der Waals surface area (Å²) >= 11 is 2.01. The van der Waals surface area contributed by atoms with Gasteiger partial charge in [0.25, 0.3) is 0 Å². The van der Waals surface area contributed by atoms with Crippen molar-refractivity contribution in [3.63, 3.8) is 0 Å². The van der Waals surface area contributed by atoms with Gasteiger partial charge in [0.05, 0.1) is 0 Å². The zero-order valence-electron chi connectivity index (χ0n) is 14.3. The summed E-state index contributed by atoms with van der Waals surface area (Å²) in [5.74, 6) is 0. The molecule has 0 spiro atoms. The first-order chi connectivity index (χ1) is 8.02. The van der Waals surface area contributed by atoms with Crippen molar-refractivity contribution in [2.45, 2.75) is 96.2 Å². The molecular formula is C15H31O3Ti. The van der Waals surface area contributed by atoms with Crippen molar-refractivity contribution in [2.24, 2.45) is 0 Å². The third-order valence-electron chi connectivity index (χ3n) is 1.89. The van der Waals surface area contributed by atoms with Crippen LogP contribution < -0.4 is 0 Å². The van der Waals surface area contributed by atoms with E-state index < -0.39 is 10.2 Å². The molecule has 0 rings (SSSR count). The van der Waals surface area contributed by atoms with Crippen LogP contribution >= 0.6 is 0 Å². The average Bonchev–Trinajstić information content (AvgIpc) is 1.91. The number of ether oxygens (including phenoxy) is 3. The summed E-state index contributed by atoms with van der Waals surface area (Å²) in [4.78, 5) is 0. The molecule has 0 aliphatic rings. The van der Waals surface area contributed by atoms with Gasteiger partial charge in [0, 0.05) is 0 Å². The summed E-state index contributed by atoms with van der Waals surface area (Å²) < 4.78 is 17.8. The topological polar surface area (TPSA) is 27.7 Å². The third-order valence-corrected chi connectivity index (χ3v) is 2.42. The van der Waals surface area contributed by atoms with Crippen molar-refractivity contribution in [3.8, 4) is 0 Å². The Morgan fingerprint density at radius 3 is 1.16 bits per heavy atom. The Kier molecular flexibility index (Phi) is 6.34. The minimum absolute atomic E-state index is 0.246. The first kappa shape index (κ1) is 19.6. The van der Waals surface area contributed by atoms with Gasteiger partial charge in [-0.25, -0.2) is 0 Å². The van der Waals surface area contributed by atoms with Crippen molar-refractivity contribution < 1.29 is 34.6 Å². The summed E-state index contributed by atoms with van der Waals surface area (Å²) in [5.41, 5.74) is -0.812. The molecule has 0 heterocycles. The molecular weight excluding hydrogens is 276 g/mol. The van der Waals surface area contributed by atoms with E-state index in [4.69, 9.17) is 14.2 Å². The van der Waals surface area contributed by atoms with Gasteiger partial charge < -0.3 is 0 Å². The van der Waals surface area contributed by atoms with Gasteiger partial charge in [-0.3, -0.25) is 0 Å². The quantitative estimate of drug-likeness (QED) is 0.580. The maximum absolute atomic E-state index is 6.13. The fourth-order valence-corrected chi connectivity index (χ4v) is 2.24. The van der Waals surface area contributed by atoms with Crippen LogP contribution in [0.15, 0.2) is 0 Å². The molecule has 0 N–H and O–H groups in total. The first-order valence-corrected chi connectivity index (χ1v) is 7.61. The summed E-state index contributed by atoms with van der Waals surface area (Å²) in [7, 11) is 0. The minimum atomic E-state index is -0.529. The van der Waals surface area contributed by atoms with E-state index in [0.717, 1.165) is 0 Å². The van der Waals surface area contributed by atoms with Gasteiger partial charge in [-0.05, 0) is 0 Å². The Morgan fingerprint density at radius 2 is 0.947 bits per heavy atom. The van der Waals surface area contributed by atoms with Gasteiger partial charge in [-0.1, -0.05) is 0 Å². The predicted octanol–water partition coefficient (Wildman–Crippen LogP) is 4.02. The van der Waals surface area contributed by atoms with Crippen LogP contribution in [0.4, 0.5) is 0 Å². The van der Waals surface area contributed by atoms with Gasteiger partial charge in [0.2, 0.25) is 0 Å². The average molecular weight is 307 g/mol. The van der Waals surface area contributed by atoms with Gasteiger partial charge in [0.1, 0.15) is 0 Å². The molecule has 4 heteroatoms. The monoisotopic (exact) mass is 307 g/mol. The van der Waals surface area contributed by atoms with Crippen molar-refractivity contribution in [2.75, 3.05) is 0 Å². The molecule has 3 nitrogen and oxygen atoms in total. The second-order valence-corrected chi connectivity index (χ2v) is 9.66. The van der Waals surface area contributed by atoms with Gasteiger partial charge in [-0.15, -0.1) is 0 Å². The SMILES string of the molecule is CC(C)(C)OC(OC(C)(C)C)[C](C)([Ti])OC(C)(C)C.